The molecule has 2 aromatic heterocycles. The van der Waals surface area contributed by atoms with E-state index in [0.717, 1.165) is 12.3 Å². The molecule has 0 fully saturated rings. The Balaban J connectivity index is 1.93. The van der Waals surface area contributed by atoms with Crippen LogP contribution in [-0.4, -0.2) is 34.9 Å². The fraction of sp³-hybridized carbons (Fsp3) is 0.300. The van der Waals surface area contributed by atoms with Crippen LogP contribution in [0.15, 0.2) is 34.3 Å². The molecular formula is C10H12ClN5O3S. The first-order valence-corrected chi connectivity index (χ1v) is 7.57. The lowest BCUT2D eigenvalue weighted by Gasteiger charge is -2.06. The summed E-state index contributed by atoms with van der Waals surface area (Å²) in [6, 6.07) is 1.11. The molecule has 0 aliphatic carbocycles. The van der Waals surface area contributed by atoms with Gasteiger partial charge in [0.05, 0.1) is 11.1 Å². The van der Waals surface area contributed by atoms with Gasteiger partial charge in [0.2, 0.25) is 10.0 Å². The number of H-pyrrole nitrogens is 1. The van der Waals surface area contributed by atoms with Crippen molar-refractivity contribution < 1.29 is 8.42 Å². The van der Waals surface area contributed by atoms with E-state index in [1.165, 1.54) is 0 Å². The van der Waals surface area contributed by atoms with Crippen LogP contribution in [0.2, 0.25) is 5.02 Å². The van der Waals surface area contributed by atoms with Gasteiger partial charge in [-0.1, -0.05) is 16.8 Å². The first-order valence-electron chi connectivity index (χ1n) is 5.71. The van der Waals surface area contributed by atoms with Gasteiger partial charge in [0.25, 0.3) is 5.56 Å². The summed E-state index contributed by atoms with van der Waals surface area (Å²) in [5.41, 5.74) is -0.531. The molecule has 0 aliphatic rings. The number of aromatic nitrogens is 4. The number of rotatable bonds is 6. The monoisotopic (exact) mass is 317 g/mol. The number of pyridine rings is 1. The van der Waals surface area contributed by atoms with Crippen LogP contribution in [0.25, 0.3) is 0 Å². The van der Waals surface area contributed by atoms with E-state index in [9.17, 15) is 13.2 Å². The standard InChI is InChI=1S/C10H12ClN5O3S/c11-9-6-8(7-12-10(9)17)20(18,19)14-2-1-4-16-5-3-13-15-16/h3,5-7,14H,1-2,4H2,(H,12,17). The minimum atomic E-state index is -3.69. The highest BCUT2D eigenvalue weighted by atomic mass is 35.5. The molecule has 8 nitrogen and oxygen atoms in total. The third-order valence-electron chi connectivity index (χ3n) is 2.47. The molecule has 0 atom stereocenters. The van der Waals surface area contributed by atoms with Crippen LogP contribution in [0.4, 0.5) is 0 Å². The fourth-order valence-corrected chi connectivity index (χ4v) is 2.78. The summed E-state index contributed by atoms with van der Waals surface area (Å²) in [7, 11) is -3.69. The lowest BCUT2D eigenvalue weighted by atomic mass is 10.4. The van der Waals surface area contributed by atoms with Crippen molar-refractivity contribution in [1.82, 2.24) is 24.7 Å². The van der Waals surface area contributed by atoms with Crippen LogP contribution in [-0.2, 0) is 16.6 Å². The molecule has 0 bridgehead atoms. The Morgan fingerprint density at radius 2 is 2.25 bits per heavy atom. The van der Waals surface area contributed by atoms with E-state index in [2.05, 4.69) is 20.0 Å². The van der Waals surface area contributed by atoms with Crippen molar-refractivity contribution in [2.45, 2.75) is 17.9 Å². The van der Waals surface area contributed by atoms with Gasteiger partial charge in [-0.2, -0.15) is 0 Å². The number of sulfonamides is 1. The maximum atomic E-state index is 11.9. The molecule has 2 aromatic rings. The van der Waals surface area contributed by atoms with Gasteiger partial charge in [-0.25, -0.2) is 13.1 Å². The van der Waals surface area contributed by atoms with Gasteiger partial charge < -0.3 is 4.98 Å². The molecule has 0 amide bonds. The van der Waals surface area contributed by atoms with E-state index >= 15 is 0 Å². The number of aromatic amines is 1. The predicted octanol–water partition coefficient (Wildman–Crippen LogP) is -0.0116. The summed E-state index contributed by atoms with van der Waals surface area (Å²) >= 11 is 5.59. The van der Waals surface area contributed by atoms with Gasteiger partial charge in [0.15, 0.2) is 0 Å². The molecular weight excluding hydrogens is 306 g/mol. The molecule has 0 radical (unpaired) electrons. The summed E-state index contributed by atoms with van der Waals surface area (Å²) in [5, 5.41) is 7.23. The molecule has 0 aromatic carbocycles. The summed E-state index contributed by atoms with van der Waals surface area (Å²) in [4.78, 5) is 13.2. The van der Waals surface area contributed by atoms with Crippen molar-refractivity contribution in [3.8, 4) is 0 Å². The predicted molar refractivity (Wildman–Crippen MR) is 71.9 cm³/mol. The normalized spacial score (nSPS) is 11.7. The largest absolute Gasteiger partial charge is 0.326 e. The highest BCUT2D eigenvalue weighted by molar-refractivity contribution is 7.89. The number of nitrogens with one attached hydrogen (secondary N) is 2. The van der Waals surface area contributed by atoms with Crippen LogP contribution in [0.5, 0.6) is 0 Å². The van der Waals surface area contributed by atoms with E-state index in [0.29, 0.717) is 13.0 Å². The van der Waals surface area contributed by atoms with Crippen molar-refractivity contribution in [2.24, 2.45) is 0 Å². The smallest absolute Gasteiger partial charge is 0.266 e. The van der Waals surface area contributed by atoms with Crippen molar-refractivity contribution in [2.75, 3.05) is 6.54 Å². The van der Waals surface area contributed by atoms with Gasteiger partial charge in [-0.05, 0) is 12.5 Å². The molecule has 2 N–H and O–H groups in total. The number of nitrogens with zero attached hydrogens (tertiary/aromatic N) is 3. The van der Waals surface area contributed by atoms with Crippen LogP contribution in [0, 0.1) is 0 Å². The molecule has 10 heteroatoms. The summed E-state index contributed by atoms with van der Waals surface area (Å²) in [6.45, 7) is 0.786. The van der Waals surface area contributed by atoms with Gasteiger partial charge >= 0.3 is 0 Å². The quantitative estimate of drug-likeness (QED) is 0.728. The Hall–Kier alpha value is -1.71. The summed E-state index contributed by atoms with van der Waals surface area (Å²) < 4.78 is 27.9. The van der Waals surface area contributed by atoms with Crippen molar-refractivity contribution >= 4 is 21.6 Å². The number of aryl methyl sites for hydroxylation is 1. The molecule has 0 spiro atoms. The van der Waals surface area contributed by atoms with E-state index in [4.69, 9.17) is 11.6 Å². The van der Waals surface area contributed by atoms with Crippen LogP contribution in [0.3, 0.4) is 0 Å². The van der Waals surface area contributed by atoms with Crippen LogP contribution < -0.4 is 10.3 Å². The molecule has 20 heavy (non-hydrogen) atoms. The lowest BCUT2D eigenvalue weighted by molar-refractivity contribution is 0.542. The minimum Gasteiger partial charge on any atom is -0.326 e. The highest BCUT2D eigenvalue weighted by Gasteiger charge is 2.14. The minimum absolute atomic E-state index is 0.0807. The Morgan fingerprint density at radius 3 is 2.90 bits per heavy atom. The number of hydrogen-bond donors (Lipinski definition) is 2. The van der Waals surface area contributed by atoms with Crippen molar-refractivity contribution in [1.29, 1.82) is 0 Å². The van der Waals surface area contributed by atoms with E-state index < -0.39 is 15.6 Å². The van der Waals surface area contributed by atoms with E-state index in [1.807, 2.05) is 0 Å². The third-order valence-corrected chi connectivity index (χ3v) is 4.19. The molecule has 2 heterocycles. The molecule has 0 saturated heterocycles. The fourth-order valence-electron chi connectivity index (χ4n) is 1.48. The van der Waals surface area contributed by atoms with Crippen molar-refractivity contribution in [3.05, 3.63) is 40.0 Å². The average Bonchev–Trinajstić information content (AvgIpc) is 2.91. The van der Waals surface area contributed by atoms with Crippen LogP contribution >= 0.6 is 11.6 Å². The zero-order chi connectivity index (χ0) is 14.6. The van der Waals surface area contributed by atoms with Gasteiger partial charge in [-0.15, -0.1) is 5.10 Å². The van der Waals surface area contributed by atoms with Gasteiger partial charge in [0.1, 0.15) is 5.02 Å². The maximum Gasteiger partial charge on any atom is 0.266 e. The zero-order valence-electron chi connectivity index (χ0n) is 10.3. The second kappa shape index (κ2) is 6.16. The number of hydrogen-bond acceptors (Lipinski definition) is 5. The SMILES string of the molecule is O=c1[nH]cc(S(=O)(=O)NCCCn2ccnn2)cc1Cl. The summed E-state index contributed by atoms with van der Waals surface area (Å²) in [5.74, 6) is 0. The first-order chi connectivity index (χ1) is 9.49. The first kappa shape index (κ1) is 14.7. The summed E-state index contributed by atoms with van der Waals surface area (Å²) in [6.07, 6.45) is 4.90. The van der Waals surface area contributed by atoms with Gasteiger partial charge in [0, 0.05) is 25.5 Å². The second-order valence-corrected chi connectivity index (χ2v) is 6.10. The van der Waals surface area contributed by atoms with Crippen LogP contribution in [0.1, 0.15) is 6.42 Å². The molecule has 0 saturated carbocycles. The van der Waals surface area contributed by atoms with Gasteiger partial charge in [-0.3, -0.25) is 9.48 Å². The molecule has 0 aliphatic heterocycles. The molecule has 108 valence electrons. The number of halogens is 1. The Labute approximate surface area is 119 Å². The lowest BCUT2D eigenvalue weighted by Crippen LogP contribution is -2.26. The second-order valence-electron chi connectivity index (χ2n) is 3.93. The Bertz CT molecular complexity index is 726. The highest BCUT2D eigenvalue weighted by Crippen LogP contribution is 2.10. The molecule has 0 unspecified atom stereocenters. The van der Waals surface area contributed by atoms with E-state index in [-0.39, 0.29) is 16.5 Å². The topological polar surface area (TPSA) is 110 Å². The molecule has 2 rings (SSSR count). The third kappa shape index (κ3) is 3.65. The van der Waals surface area contributed by atoms with Crippen molar-refractivity contribution in [3.63, 3.8) is 0 Å². The Morgan fingerprint density at radius 1 is 1.45 bits per heavy atom. The maximum absolute atomic E-state index is 11.9. The van der Waals surface area contributed by atoms with E-state index in [1.54, 1.807) is 17.1 Å². The Kier molecular flexibility index (Phi) is 4.53. The zero-order valence-corrected chi connectivity index (χ0v) is 11.9. The average molecular weight is 318 g/mol.